The van der Waals surface area contributed by atoms with E-state index in [0.29, 0.717) is 5.75 Å². The average Bonchev–Trinajstić information content (AvgIpc) is 2.41. The SMILES string of the molecule is Cc1cc(C(C)(C)C)ccc1OS(=O)(=O)c1cccnc1. The average molecular weight is 305 g/mol. The Kier molecular flexibility index (Phi) is 4.05. The van der Waals surface area contributed by atoms with Crippen molar-refractivity contribution >= 4 is 10.1 Å². The number of hydrogen-bond donors (Lipinski definition) is 0. The fourth-order valence-electron chi connectivity index (χ4n) is 1.87. The molecule has 5 heteroatoms. The predicted octanol–water partition coefficient (Wildman–Crippen LogP) is 3.46. The summed E-state index contributed by atoms with van der Waals surface area (Å²) in [6.07, 6.45) is 2.79. The van der Waals surface area contributed by atoms with E-state index in [4.69, 9.17) is 4.18 Å². The maximum Gasteiger partial charge on any atom is 0.340 e. The third kappa shape index (κ3) is 3.61. The third-order valence-electron chi connectivity index (χ3n) is 3.16. The van der Waals surface area contributed by atoms with Crippen LogP contribution < -0.4 is 4.18 Å². The fraction of sp³-hybridized carbons (Fsp3) is 0.312. The van der Waals surface area contributed by atoms with Gasteiger partial charge in [0.1, 0.15) is 10.6 Å². The molecule has 0 saturated carbocycles. The summed E-state index contributed by atoms with van der Waals surface area (Å²) in [5.41, 5.74) is 1.92. The summed E-state index contributed by atoms with van der Waals surface area (Å²) in [5, 5.41) is 0. The van der Waals surface area contributed by atoms with Crippen molar-refractivity contribution in [3.05, 3.63) is 53.9 Å². The fourth-order valence-corrected chi connectivity index (χ4v) is 2.83. The van der Waals surface area contributed by atoms with Crippen molar-refractivity contribution in [2.75, 3.05) is 0 Å². The van der Waals surface area contributed by atoms with E-state index in [2.05, 4.69) is 25.8 Å². The number of benzene rings is 1. The van der Waals surface area contributed by atoms with Crippen LogP contribution in [0.15, 0.2) is 47.6 Å². The Bertz CT molecular complexity index is 732. The molecule has 2 rings (SSSR count). The van der Waals surface area contributed by atoms with Gasteiger partial charge in [0.25, 0.3) is 0 Å². The molecule has 0 aliphatic carbocycles. The minimum absolute atomic E-state index is 0.00547. The van der Waals surface area contributed by atoms with Gasteiger partial charge in [-0.25, -0.2) is 0 Å². The quantitative estimate of drug-likeness (QED) is 0.815. The van der Waals surface area contributed by atoms with Crippen molar-refractivity contribution in [1.82, 2.24) is 4.98 Å². The Balaban J connectivity index is 2.33. The zero-order valence-corrected chi connectivity index (χ0v) is 13.4. The highest BCUT2D eigenvalue weighted by Gasteiger charge is 2.19. The van der Waals surface area contributed by atoms with E-state index in [1.807, 2.05) is 19.1 Å². The molecule has 0 radical (unpaired) electrons. The third-order valence-corrected chi connectivity index (χ3v) is 4.38. The van der Waals surface area contributed by atoms with Crippen LogP contribution in [0.2, 0.25) is 0 Å². The van der Waals surface area contributed by atoms with Gasteiger partial charge in [0.2, 0.25) is 0 Å². The number of hydrogen-bond acceptors (Lipinski definition) is 4. The first-order valence-corrected chi connectivity index (χ1v) is 8.06. The van der Waals surface area contributed by atoms with Gasteiger partial charge in [0.05, 0.1) is 0 Å². The van der Waals surface area contributed by atoms with Gasteiger partial charge in [-0.05, 0) is 41.7 Å². The van der Waals surface area contributed by atoms with Crippen molar-refractivity contribution in [3.63, 3.8) is 0 Å². The molecule has 0 saturated heterocycles. The smallest absolute Gasteiger partial charge is 0.340 e. The molecule has 1 aromatic carbocycles. The lowest BCUT2D eigenvalue weighted by atomic mass is 9.86. The lowest BCUT2D eigenvalue weighted by Crippen LogP contribution is -2.13. The van der Waals surface area contributed by atoms with Crippen LogP contribution in [0.3, 0.4) is 0 Å². The molecule has 0 bridgehead atoms. The topological polar surface area (TPSA) is 56.3 Å². The van der Waals surface area contributed by atoms with Crippen LogP contribution in [-0.2, 0) is 15.5 Å². The van der Waals surface area contributed by atoms with Gasteiger partial charge >= 0.3 is 10.1 Å². The lowest BCUT2D eigenvalue weighted by Gasteiger charge is -2.20. The minimum atomic E-state index is -3.85. The second-order valence-electron chi connectivity index (χ2n) is 5.96. The van der Waals surface area contributed by atoms with Gasteiger partial charge in [-0.3, -0.25) is 4.98 Å². The highest BCUT2D eigenvalue weighted by Crippen LogP contribution is 2.29. The van der Waals surface area contributed by atoms with E-state index in [0.717, 1.165) is 11.1 Å². The molecular weight excluding hydrogens is 286 g/mol. The summed E-state index contributed by atoms with van der Waals surface area (Å²) in [6.45, 7) is 8.15. The van der Waals surface area contributed by atoms with Crippen LogP contribution in [0.4, 0.5) is 0 Å². The second-order valence-corrected chi connectivity index (χ2v) is 7.50. The van der Waals surface area contributed by atoms with Crippen LogP contribution in [0.25, 0.3) is 0 Å². The van der Waals surface area contributed by atoms with Crippen LogP contribution >= 0.6 is 0 Å². The first-order chi connectivity index (χ1) is 9.70. The van der Waals surface area contributed by atoms with Crippen molar-refractivity contribution in [2.24, 2.45) is 0 Å². The van der Waals surface area contributed by atoms with Crippen LogP contribution in [0.5, 0.6) is 5.75 Å². The highest BCUT2D eigenvalue weighted by molar-refractivity contribution is 7.87. The van der Waals surface area contributed by atoms with E-state index in [-0.39, 0.29) is 10.3 Å². The molecule has 0 atom stereocenters. The summed E-state index contributed by atoms with van der Waals surface area (Å²) in [4.78, 5) is 3.85. The molecule has 0 aliphatic rings. The van der Waals surface area contributed by atoms with Crippen molar-refractivity contribution in [3.8, 4) is 5.75 Å². The second kappa shape index (κ2) is 5.48. The van der Waals surface area contributed by atoms with Gasteiger partial charge in [-0.15, -0.1) is 0 Å². The molecule has 1 aromatic heterocycles. The van der Waals surface area contributed by atoms with Crippen molar-refractivity contribution < 1.29 is 12.6 Å². The Labute approximate surface area is 125 Å². The van der Waals surface area contributed by atoms with Gasteiger partial charge < -0.3 is 4.18 Å². The largest absolute Gasteiger partial charge is 0.379 e. The van der Waals surface area contributed by atoms with Crippen molar-refractivity contribution in [1.29, 1.82) is 0 Å². The predicted molar refractivity (Wildman–Crippen MR) is 81.9 cm³/mol. The molecule has 21 heavy (non-hydrogen) atoms. The minimum Gasteiger partial charge on any atom is -0.379 e. The molecule has 4 nitrogen and oxygen atoms in total. The molecule has 0 amide bonds. The molecule has 0 spiro atoms. The monoisotopic (exact) mass is 305 g/mol. The number of rotatable bonds is 3. The van der Waals surface area contributed by atoms with E-state index >= 15 is 0 Å². The molecule has 0 unspecified atom stereocenters. The number of nitrogens with zero attached hydrogens (tertiary/aromatic N) is 1. The molecular formula is C16H19NO3S. The summed E-state index contributed by atoms with van der Waals surface area (Å²) in [6, 6.07) is 8.56. The Morgan fingerprint density at radius 2 is 1.86 bits per heavy atom. The normalized spacial score (nSPS) is 12.2. The van der Waals surface area contributed by atoms with Crippen LogP contribution in [-0.4, -0.2) is 13.4 Å². The van der Waals surface area contributed by atoms with Crippen molar-refractivity contribution in [2.45, 2.75) is 38.0 Å². The van der Waals surface area contributed by atoms with Crippen LogP contribution in [0.1, 0.15) is 31.9 Å². The number of aromatic nitrogens is 1. The lowest BCUT2D eigenvalue weighted by molar-refractivity contribution is 0.483. The molecule has 0 fully saturated rings. The molecule has 0 aliphatic heterocycles. The van der Waals surface area contributed by atoms with E-state index in [9.17, 15) is 8.42 Å². The first kappa shape index (κ1) is 15.5. The summed E-state index contributed by atoms with van der Waals surface area (Å²) >= 11 is 0. The number of aryl methyl sites for hydroxylation is 1. The molecule has 1 heterocycles. The Hall–Kier alpha value is -1.88. The zero-order valence-electron chi connectivity index (χ0n) is 12.6. The maximum atomic E-state index is 12.2. The van der Waals surface area contributed by atoms with Gasteiger partial charge in [0.15, 0.2) is 0 Å². The Morgan fingerprint density at radius 1 is 1.14 bits per heavy atom. The van der Waals surface area contributed by atoms with Gasteiger partial charge in [0, 0.05) is 12.4 Å². The maximum absolute atomic E-state index is 12.2. The van der Waals surface area contributed by atoms with Gasteiger partial charge in [-0.2, -0.15) is 8.42 Å². The molecule has 0 N–H and O–H groups in total. The first-order valence-electron chi connectivity index (χ1n) is 6.66. The van der Waals surface area contributed by atoms with E-state index in [1.54, 1.807) is 12.1 Å². The van der Waals surface area contributed by atoms with E-state index in [1.165, 1.54) is 18.5 Å². The Morgan fingerprint density at radius 3 is 2.38 bits per heavy atom. The number of pyridine rings is 1. The van der Waals surface area contributed by atoms with Gasteiger partial charge in [-0.1, -0.05) is 32.9 Å². The summed E-state index contributed by atoms with van der Waals surface area (Å²) in [7, 11) is -3.85. The summed E-state index contributed by atoms with van der Waals surface area (Å²) < 4.78 is 29.6. The zero-order chi connectivity index (χ0) is 15.7. The van der Waals surface area contributed by atoms with Crippen LogP contribution in [0, 0.1) is 6.92 Å². The molecule has 112 valence electrons. The highest BCUT2D eigenvalue weighted by atomic mass is 32.2. The van der Waals surface area contributed by atoms with E-state index < -0.39 is 10.1 Å². The standard InChI is InChI=1S/C16H19NO3S/c1-12-10-13(16(2,3)4)7-8-15(12)20-21(18,19)14-6-5-9-17-11-14/h5-11H,1-4H3. The summed E-state index contributed by atoms with van der Waals surface area (Å²) in [5.74, 6) is 0.340. The molecule has 2 aromatic rings.